The molecule has 0 amide bonds. The van der Waals surface area contributed by atoms with Crippen LogP contribution in [-0.2, 0) is 5.41 Å². The number of nitrogens with one attached hydrogen (secondary N) is 1. The predicted octanol–water partition coefficient (Wildman–Crippen LogP) is 3.03. The van der Waals surface area contributed by atoms with Crippen molar-refractivity contribution in [1.82, 2.24) is 14.5 Å². The Morgan fingerprint density at radius 3 is 2.43 bits per heavy atom. The van der Waals surface area contributed by atoms with Crippen molar-refractivity contribution in [3.63, 3.8) is 0 Å². The van der Waals surface area contributed by atoms with Crippen LogP contribution in [0, 0.1) is 0 Å². The minimum atomic E-state index is -0.298. The normalized spacial score (nSPS) is 13.4. The molecule has 2 heterocycles. The summed E-state index contributed by atoms with van der Waals surface area (Å²) < 4.78 is 1.56. The lowest BCUT2D eigenvalue weighted by atomic mass is 9.92. The number of hydrogen-bond acceptors (Lipinski definition) is 3. The number of fused-ring (bicyclic) bond motifs is 1. The smallest absolute Gasteiger partial charge is 0.343 e. The maximum Gasteiger partial charge on any atom is 0.354 e. The van der Waals surface area contributed by atoms with Gasteiger partial charge < -0.3 is 10.7 Å². The second kappa shape index (κ2) is 5.35. The summed E-state index contributed by atoms with van der Waals surface area (Å²) in [7, 11) is 0. The number of nitrogens with zero attached hydrogens (tertiary/aromatic N) is 2. The van der Waals surface area contributed by atoms with Crippen LogP contribution in [-0.4, -0.2) is 14.5 Å². The van der Waals surface area contributed by atoms with Crippen molar-refractivity contribution in [2.45, 2.75) is 39.2 Å². The molecule has 5 nitrogen and oxygen atoms in total. The Hall–Kier alpha value is -2.40. The average Bonchev–Trinajstić information content (AvgIpc) is 2.89. The molecular formula is C18H22N4O. The molecule has 23 heavy (non-hydrogen) atoms. The van der Waals surface area contributed by atoms with Crippen LogP contribution in [0.3, 0.4) is 0 Å². The summed E-state index contributed by atoms with van der Waals surface area (Å²) >= 11 is 0. The second-order valence-electron chi connectivity index (χ2n) is 7.01. The van der Waals surface area contributed by atoms with Crippen LogP contribution in [0.5, 0.6) is 0 Å². The number of hydrogen-bond donors (Lipinski definition) is 2. The van der Waals surface area contributed by atoms with Crippen LogP contribution in [0.1, 0.15) is 45.0 Å². The zero-order valence-corrected chi connectivity index (χ0v) is 13.9. The number of benzene rings is 1. The number of aromatic amines is 1. The fourth-order valence-electron chi connectivity index (χ4n) is 2.52. The molecule has 1 atom stereocenters. The zero-order valence-electron chi connectivity index (χ0n) is 13.9. The van der Waals surface area contributed by atoms with E-state index >= 15 is 0 Å². The average molecular weight is 310 g/mol. The Kier molecular flexibility index (Phi) is 3.60. The molecule has 0 aliphatic rings. The van der Waals surface area contributed by atoms with E-state index in [9.17, 15) is 4.79 Å². The molecular weight excluding hydrogens is 288 g/mol. The predicted molar refractivity (Wildman–Crippen MR) is 93.0 cm³/mol. The maximum absolute atomic E-state index is 12.3. The molecule has 0 aliphatic heterocycles. The van der Waals surface area contributed by atoms with E-state index in [0.717, 1.165) is 22.3 Å². The van der Waals surface area contributed by atoms with Crippen LogP contribution < -0.4 is 11.4 Å². The molecule has 3 rings (SSSR count). The Bertz CT molecular complexity index is 895. The quantitative estimate of drug-likeness (QED) is 0.764. The third-order valence-electron chi connectivity index (χ3n) is 4.01. The van der Waals surface area contributed by atoms with Gasteiger partial charge in [-0.25, -0.2) is 4.79 Å². The molecule has 3 N–H and O–H groups in total. The van der Waals surface area contributed by atoms with Crippen molar-refractivity contribution < 1.29 is 0 Å². The molecule has 0 fully saturated rings. The molecule has 0 bridgehead atoms. The van der Waals surface area contributed by atoms with Crippen LogP contribution in [0.25, 0.3) is 16.7 Å². The second-order valence-corrected chi connectivity index (χ2v) is 7.01. The lowest BCUT2D eigenvalue weighted by Gasteiger charge is -2.15. The molecule has 0 spiro atoms. The standard InChI is InChI=1S/C18H22N4O/c1-11(19)12-5-7-14(8-6-12)22-10-13-9-15(18(2,3)4)20-16(13)21-17(22)23/h5-11H,19H2,1-4H3,(H,20,21,23)/t11-/m1/s1. The van der Waals surface area contributed by atoms with E-state index in [1.54, 1.807) is 4.57 Å². The first kappa shape index (κ1) is 15.5. The summed E-state index contributed by atoms with van der Waals surface area (Å²) in [5, 5.41) is 0.922. The van der Waals surface area contributed by atoms with Crippen molar-refractivity contribution in [2.24, 2.45) is 5.73 Å². The highest BCUT2D eigenvalue weighted by molar-refractivity contribution is 5.76. The van der Waals surface area contributed by atoms with E-state index in [4.69, 9.17) is 5.73 Å². The van der Waals surface area contributed by atoms with Gasteiger partial charge in [0.05, 0.1) is 5.69 Å². The van der Waals surface area contributed by atoms with Gasteiger partial charge in [-0.1, -0.05) is 32.9 Å². The molecule has 3 aromatic rings. The maximum atomic E-state index is 12.3. The highest BCUT2D eigenvalue weighted by Gasteiger charge is 2.17. The van der Waals surface area contributed by atoms with Gasteiger partial charge in [0, 0.05) is 28.7 Å². The molecule has 2 aromatic heterocycles. The highest BCUT2D eigenvalue weighted by Crippen LogP contribution is 2.24. The fourth-order valence-corrected chi connectivity index (χ4v) is 2.52. The van der Waals surface area contributed by atoms with Crippen molar-refractivity contribution in [3.05, 3.63) is 58.3 Å². The summed E-state index contributed by atoms with van der Waals surface area (Å²) in [4.78, 5) is 19.7. The fraction of sp³-hybridized carbons (Fsp3) is 0.333. The van der Waals surface area contributed by atoms with Crippen LogP contribution >= 0.6 is 0 Å². The van der Waals surface area contributed by atoms with Gasteiger partial charge in [-0.2, -0.15) is 4.98 Å². The van der Waals surface area contributed by atoms with Crippen LogP contribution in [0.15, 0.2) is 41.3 Å². The number of aromatic nitrogens is 3. The van der Waals surface area contributed by atoms with Crippen molar-refractivity contribution in [3.8, 4) is 5.69 Å². The van der Waals surface area contributed by atoms with Gasteiger partial charge in [0.1, 0.15) is 5.65 Å². The van der Waals surface area contributed by atoms with Gasteiger partial charge in [-0.3, -0.25) is 4.57 Å². The lowest BCUT2D eigenvalue weighted by molar-refractivity contribution is 0.574. The summed E-state index contributed by atoms with van der Waals surface area (Å²) in [6.07, 6.45) is 1.83. The zero-order chi connectivity index (χ0) is 16.8. The van der Waals surface area contributed by atoms with Gasteiger partial charge in [0.2, 0.25) is 0 Å². The largest absolute Gasteiger partial charge is 0.354 e. The van der Waals surface area contributed by atoms with Gasteiger partial charge in [0.15, 0.2) is 0 Å². The van der Waals surface area contributed by atoms with Crippen molar-refractivity contribution >= 4 is 11.0 Å². The van der Waals surface area contributed by atoms with Gasteiger partial charge in [0.25, 0.3) is 0 Å². The van der Waals surface area contributed by atoms with Crippen LogP contribution in [0.4, 0.5) is 0 Å². The first-order valence-electron chi connectivity index (χ1n) is 7.74. The summed E-state index contributed by atoms with van der Waals surface area (Å²) in [5.74, 6) is 0. The molecule has 5 heteroatoms. The van der Waals surface area contributed by atoms with Gasteiger partial charge in [-0.15, -0.1) is 0 Å². The van der Waals surface area contributed by atoms with Crippen molar-refractivity contribution in [2.75, 3.05) is 0 Å². The minimum absolute atomic E-state index is 0.0203. The number of nitrogens with two attached hydrogens (primary N) is 1. The molecule has 0 saturated carbocycles. The monoisotopic (exact) mass is 310 g/mol. The molecule has 120 valence electrons. The number of H-pyrrole nitrogens is 1. The van der Waals surface area contributed by atoms with E-state index in [0.29, 0.717) is 5.65 Å². The summed E-state index contributed by atoms with van der Waals surface area (Å²) in [6.45, 7) is 8.30. The third kappa shape index (κ3) is 2.92. The third-order valence-corrected chi connectivity index (χ3v) is 4.01. The van der Waals surface area contributed by atoms with Crippen molar-refractivity contribution in [1.29, 1.82) is 0 Å². The molecule has 0 unspecified atom stereocenters. The first-order valence-corrected chi connectivity index (χ1v) is 7.74. The Labute approximate surface area is 135 Å². The summed E-state index contributed by atoms with van der Waals surface area (Å²) in [5.41, 5.74) is 9.05. The van der Waals surface area contributed by atoms with Gasteiger partial charge >= 0.3 is 5.69 Å². The Morgan fingerprint density at radius 1 is 1.22 bits per heavy atom. The van der Waals surface area contributed by atoms with E-state index < -0.39 is 0 Å². The van der Waals surface area contributed by atoms with E-state index in [1.165, 1.54) is 0 Å². The minimum Gasteiger partial charge on any atom is -0.343 e. The summed E-state index contributed by atoms with van der Waals surface area (Å²) in [6, 6.07) is 9.69. The SMILES string of the molecule is C[C@@H](N)c1ccc(-n2cc3cc(C(C)(C)C)[nH]c3nc2=O)cc1. The Morgan fingerprint density at radius 2 is 1.87 bits per heavy atom. The van der Waals surface area contributed by atoms with Gasteiger partial charge in [-0.05, 0) is 30.7 Å². The first-order chi connectivity index (χ1) is 10.8. The topological polar surface area (TPSA) is 76.7 Å². The lowest BCUT2D eigenvalue weighted by Crippen LogP contribution is -2.20. The molecule has 0 saturated heterocycles. The van der Waals surface area contributed by atoms with E-state index in [2.05, 4.69) is 36.8 Å². The van der Waals surface area contributed by atoms with E-state index in [-0.39, 0.29) is 17.1 Å². The molecule has 1 aromatic carbocycles. The highest BCUT2D eigenvalue weighted by atomic mass is 16.1. The van der Waals surface area contributed by atoms with E-state index in [1.807, 2.05) is 37.4 Å². The molecule has 0 aliphatic carbocycles. The van der Waals surface area contributed by atoms with Crippen LogP contribution in [0.2, 0.25) is 0 Å². The number of rotatable bonds is 2. The molecule has 0 radical (unpaired) electrons. The Balaban J connectivity index is 2.10.